The predicted molar refractivity (Wildman–Crippen MR) is 107 cm³/mol. The van der Waals surface area contributed by atoms with Gasteiger partial charge in [-0.15, -0.1) is 11.8 Å². The fourth-order valence-corrected chi connectivity index (χ4v) is 3.11. The summed E-state index contributed by atoms with van der Waals surface area (Å²) >= 11 is 13.1. The summed E-state index contributed by atoms with van der Waals surface area (Å²) in [6.07, 6.45) is 1.75. The van der Waals surface area contributed by atoms with Crippen molar-refractivity contribution in [2.24, 2.45) is 0 Å². The fraction of sp³-hybridized carbons (Fsp3) is 0.0556. The van der Waals surface area contributed by atoms with Crippen molar-refractivity contribution >= 4 is 52.6 Å². The third kappa shape index (κ3) is 4.44. The van der Waals surface area contributed by atoms with E-state index in [1.54, 1.807) is 54.8 Å². The van der Waals surface area contributed by atoms with Crippen LogP contribution in [0.2, 0.25) is 10.0 Å². The number of carbonyl (C=O) groups excluding carboxylic acids is 2. The molecule has 0 saturated carbocycles. The van der Waals surface area contributed by atoms with Gasteiger partial charge in [-0.1, -0.05) is 40.5 Å². The summed E-state index contributed by atoms with van der Waals surface area (Å²) in [7, 11) is 0. The van der Waals surface area contributed by atoms with E-state index in [1.807, 2.05) is 0 Å². The number of hydrogen-bond donors (Lipinski definition) is 2. The smallest absolute Gasteiger partial charge is 0.326 e. The first-order valence-electron chi connectivity index (χ1n) is 7.66. The third-order valence-corrected chi connectivity index (χ3v) is 4.78. The molecule has 2 aromatic carbocycles. The summed E-state index contributed by atoms with van der Waals surface area (Å²) in [5.41, 5.74) is 1.17. The summed E-state index contributed by atoms with van der Waals surface area (Å²) in [5, 5.41) is 9.97. The average Bonchev–Trinajstić information content (AvgIpc) is 3.08. The van der Waals surface area contributed by atoms with Crippen LogP contribution in [0.5, 0.6) is 0 Å². The molecule has 9 heteroatoms. The second-order valence-corrected chi connectivity index (χ2v) is 6.93. The van der Waals surface area contributed by atoms with Gasteiger partial charge < -0.3 is 9.84 Å². The van der Waals surface area contributed by atoms with Crippen molar-refractivity contribution in [3.63, 3.8) is 0 Å². The van der Waals surface area contributed by atoms with Crippen LogP contribution < -0.4 is 10.6 Å². The van der Waals surface area contributed by atoms with E-state index in [2.05, 4.69) is 15.8 Å². The summed E-state index contributed by atoms with van der Waals surface area (Å²) in [6, 6.07) is 12.7. The molecule has 0 aliphatic heterocycles. The maximum absolute atomic E-state index is 12.7. The van der Waals surface area contributed by atoms with Crippen LogP contribution in [-0.4, -0.2) is 23.4 Å². The Bertz CT molecular complexity index is 990. The number of thioether (sulfide) groups is 1. The van der Waals surface area contributed by atoms with Gasteiger partial charge in [0.2, 0.25) is 0 Å². The molecule has 0 spiro atoms. The Balaban J connectivity index is 1.83. The Morgan fingerprint density at radius 1 is 1.07 bits per heavy atom. The highest BCUT2D eigenvalue weighted by molar-refractivity contribution is 7.98. The van der Waals surface area contributed by atoms with Gasteiger partial charge in [0.1, 0.15) is 5.56 Å². The number of imide groups is 1. The number of hydrogen-bond acceptors (Lipinski definition) is 5. The quantitative estimate of drug-likeness (QED) is 0.555. The highest BCUT2D eigenvalue weighted by Crippen LogP contribution is 2.31. The highest BCUT2D eigenvalue weighted by atomic mass is 35.5. The molecule has 3 aromatic rings. The summed E-state index contributed by atoms with van der Waals surface area (Å²) in [6.45, 7) is 0. The van der Waals surface area contributed by atoms with Gasteiger partial charge in [-0.3, -0.25) is 10.1 Å². The van der Waals surface area contributed by atoms with Crippen LogP contribution in [0.15, 0.2) is 58.1 Å². The molecule has 0 atom stereocenters. The fourth-order valence-electron chi connectivity index (χ4n) is 2.30. The molecule has 27 heavy (non-hydrogen) atoms. The molecule has 1 aromatic heterocycles. The Morgan fingerprint density at radius 2 is 1.78 bits per heavy atom. The SMILES string of the molecule is CSc1noc(-c2ccc(Cl)cc2)c1C(=O)NC(=O)Nc1ccccc1Cl. The number of nitrogens with zero attached hydrogens (tertiary/aromatic N) is 1. The molecular weight excluding hydrogens is 409 g/mol. The number of nitrogens with one attached hydrogen (secondary N) is 2. The van der Waals surface area contributed by atoms with E-state index in [4.69, 9.17) is 27.7 Å². The summed E-state index contributed by atoms with van der Waals surface area (Å²) in [5.74, 6) is -0.394. The Kier molecular flexibility index (Phi) is 6.05. The number of rotatable bonds is 4. The number of urea groups is 1. The van der Waals surface area contributed by atoms with Gasteiger partial charge >= 0.3 is 6.03 Å². The molecule has 0 fully saturated rings. The van der Waals surface area contributed by atoms with Crippen molar-refractivity contribution < 1.29 is 14.1 Å². The molecule has 6 nitrogen and oxygen atoms in total. The molecular formula is C18H13Cl2N3O3S. The maximum atomic E-state index is 12.7. The van der Waals surface area contributed by atoms with E-state index >= 15 is 0 Å². The van der Waals surface area contributed by atoms with Crippen LogP contribution in [0, 0.1) is 0 Å². The summed E-state index contributed by atoms with van der Waals surface area (Å²) in [4.78, 5) is 24.9. The average molecular weight is 422 g/mol. The number of halogens is 2. The molecule has 138 valence electrons. The van der Waals surface area contributed by atoms with Crippen LogP contribution in [0.25, 0.3) is 11.3 Å². The number of aromatic nitrogens is 1. The molecule has 0 radical (unpaired) electrons. The van der Waals surface area contributed by atoms with Crippen LogP contribution in [-0.2, 0) is 0 Å². The van der Waals surface area contributed by atoms with Gasteiger partial charge in [-0.25, -0.2) is 4.79 Å². The Labute approximate surface area is 169 Å². The third-order valence-electron chi connectivity index (χ3n) is 3.54. The van der Waals surface area contributed by atoms with E-state index in [-0.39, 0.29) is 11.3 Å². The lowest BCUT2D eigenvalue weighted by atomic mass is 10.1. The lowest BCUT2D eigenvalue weighted by Crippen LogP contribution is -2.34. The Morgan fingerprint density at radius 3 is 2.44 bits per heavy atom. The molecule has 3 rings (SSSR count). The first kappa shape index (κ1) is 19.3. The topological polar surface area (TPSA) is 84.2 Å². The maximum Gasteiger partial charge on any atom is 0.326 e. The van der Waals surface area contributed by atoms with Crippen LogP contribution in [0.4, 0.5) is 10.5 Å². The number of anilines is 1. The van der Waals surface area contributed by atoms with E-state index in [1.165, 1.54) is 11.8 Å². The Hall–Kier alpha value is -2.48. The lowest BCUT2D eigenvalue weighted by Gasteiger charge is -2.08. The number of amides is 3. The largest absolute Gasteiger partial charge is 0.354 e. The van der Waals surface area contributed by atoms with Gasteiger partial charge in [0, 0.05) is 10.6 Å². The normalized spacial score (nSPS) is 10.5. The monoisotopic (exact) mass is 421 g/mol. The second-order valence-electron chi connectivity index (χ2n) is 5.29. The standard InChI is InChI=1S/C18H13Cl2N3O3S/c1-27-17-14(15(26-23-17)10-6-8-11(19)9-7-10)16(24)22-18(25)21-13-5-3-2-4-12(13)20/h2-9H,1H3,(H2,21,22,24,25). The minimum absolute atomic E-state index is 0.166. The van der Waals surface area contributed by atoms with E-state index in [0.717, 1.165) is 0 Å². The lowest BCUT2D eigenvalue weighted by molar-refractivity contribution is 0.0964. The molecule has 3 amide bonds. The highest BCUT2D eigenvalue weighted by Gasteiger charge is 2.25. The first-order valence-corrected chi connectivity index (χ1v) is 9.64. The van der Waals surface area contributed by atoms with Crippen molar-refractivity contribution in [3.05, 3.63) is 64.1 Å². The van der Waals surface area contributed by atoms with Gasteiger partial charge in [0.15, 0.2) is 10.8 Å². The van der Waals surface area contributed by atoms with E-state index < -0.39 is 11.9 Å². The van der Waals surface area contributed by atoms with Crippen molar-refractivity contribution in [1.82, 2.24) is 10.5 Å². The van der Waals surface area contributed by atoms with Crippen molar-refractivity contribution in [2.75, 3.05) is 11.6 Å². The van der Waals surface area contributed by atoms with Crippen LogP contribution in [0.1, 0.15) is 10.4 Å². The first-order chi connectivity index (χ1) is 13.0. The second kappa shape index (κ2) is 8.47. The molecule has 0 bridgehead atoms. The molecule has 2 N–H and O–H groups in total. The van der Waals surface area contributed by atoms with Gasteiger partial charge in [-0.2, -0.15) is 0 Å². The van der Waals surface area contributed by atoms with E-state index in [0.29, 0.717) is 26.3 Å². The van der Waals surface area contributed by atoms with Crippen molar-refractivity contribution in [3.8, 4) is 11.3 Å². The van der Waals surface area contributed by atoms with Gasteiger partial charge in [-0.05, 0) is 42.7 Å². The zero-order valence-electron chi connectivity index (χ0n) is 14.0. The van der Waals surface area contributed by atoms with Crippen molar-refractivity contribution in [2.45, 2.75) is 5.03 Å². The number of benzene rings is 2. The number of para-hydroxylation sites is 1. The predicted octanol–water partition coefficient (Wildman–Crippen LogP) is 5.33. The molecule has 0 saturated heterocycles. The van der Waals surface area contributed by atoms with Gasteiger partial charge in [0.05, 0.1) is 10.7 Å². The van der Waals surface area contributed by atoms with Crippen LogP contribution >= 0.6 is 35.0 Å². The zero-order valence-corrected chi connectivity index (χ0v) is 16.3. The van der Waals surface area contributed by atoms with Crippen molar-refractivity contribution in [1.29, 1.82) is 0 Å². The molecule has 0 aliphatic carbocycles. The molecule has 0 unspecified atom stereocenters. The summed E-state index contributed by atoms with van der Waals surface area (Å²) < 4.78 is 5.33. The van der Waals surface area contributed by atoms with Gasteiger partial charge in [0.25, 0.3) is 5.91 Å². The minimum atomic E-state index is -0.719. The minimum Gasteiger partial charge on any atom is -0.354 e. The van der Waals surface area contributed by atoms with E-state index in [9.17, 15) is 9.59 Å². The van der Waals surface area contributed by atoms with Crippen LogP contribution in [0.3, 0.4) is 0 Å². The molecule has 1 heterocycles. The molecule has 0 aliphatic rings. The number of carbonyl (C=O) groups is 2. The zero-order chi connectivity index (χ0) is 19.4.